The Hall–Kier alpha value is -1.06. The first-order valence-electron chi connectivity index (χ1n) is 5.68. The van der Waals surface area contributed by atoms with E-state index in [0.29, 0.717) is 6.61 Å². The van der Waals surface area contributed by atoms with Crippen LogP contribution in [0.1, 0.15) is 31.9 Å². The Morgan fingerprint density at radius 1 is 1.25 bits per heavy atom. The van der Waals surface area contributed by atoms with E-state index in [1.165, 1.54) is 0 Å². The minimum Gasteiger partial charge on any atom is -0.497 e. The van der Waals surface area contributed by atoms with E-state index in [9.17, 15) is 0 Å². The molecule has 0 bridgehead atoms. The summed E-state index contributed by atoms with van der Waals surface area (Å²) in [4.78, 5) is 0. The lowest BCUT2D eigenvalue weighted by atomic mass is 10.1. The zero-order valence-corrected chi connectivity index (χ0v) is 10.3. The quantitative estimate of drug-likeness (QED) is 0.806. The van der Waals surface area contributed by atoms with Crippen LogP contribution in [0, 0.1) is 0 Å². The molecule has 0 aliphatic heterocycles. The lowest BCUT2D eigenvalue weighted by Crippen LogP contribution is -2.20. The third-order valence-electron chi connectivity index (χ3n) is 2.68. The Labute approximate surface area is 97.6 Å². The second kappa shape index (κ2) is 6.51. The predicted octanol–water partition coefficient (Wildman–Crippen LogP) is 2.51. The van der Waals surface area contributed by atoms with Gasteiger partial charge in [0.2, 0.25) is 0 Å². The van der Waals surface area contributed by atoms with Gasteiger partial charge in [-0.2, -0.15) is 0 Å². The third-order valence-corrected chi connectivity index (χ3v) is 2.68. The van der Waals surface area contributed by atoms with Crippen LogP contribution in [-0.2, 0) is 4.74 Å². The van der Waals surface area contributed by atoms with E-state index in [2.05, 4.69) is 13.8 Å². The Morgan fingerprint density at radius 2 is 1.88 bits per heavy atom. The molecule has 3 heteroatoms. The van der Waals surface area contributed by atoms with Crippen molar-refractivity contribution in [1.29, 1.82) is 0 Å². The molecule has 90 valence electrons. The Morgan fingerprint density at radius 3 is 2.38 bits per heavy atom. The summed E-state index contributed by atoms with van der Waals surface area (Å²) in [5.74, 6) is 0.846. The van der Waals surface area contributed by atoms with E-state index in [1.54, 1.807) is 7.11 Å². The molecule has 0 aliphatic rings. The van der Waals surface area contributed by atoms with Crippen molar-refractivity contribution in [2.24, 2.45) is 5.73 Å². The lowest BCUT2D eigenvalue weighted by molar-refractivity contribution is 0.0539. The van der Waals surface area contributed by atoms with Crippen LogP contribution in [-0.4, -0.2) is 19.8 Å². The van der Waals surface area contributed by atoms with E-state index in [4.69, 9.17) is 15.2 Å². The molecule has 0 saturated heterocycles. The molecular formula is C13H21NO2. The maximum atomic E-state index is 6.02. The molecule has 0 heterocycles. The molecule has 0 amide bonds. The predicted molar refractivity (Wildman–Crippen MR) is 65.6 cm³/mol. The summed E-state index contributed by atoms with van der Waals surface area (Å²) >= 11 is 0. The number of benzene rings is 1. The summed E-state index contributed by atoms with van der Waals surface area (Å²) in [7, 11) is 1.65. The van der Waals surface area contributed by atoms with E-state index in [1.807, 2.05) is 24.3 Å². The minimum atomic E-state index is -0.0695. The van der Waals surface area contributed by atoms with Crippen LogP contribution in [0.4, 0.5) is 0 Å². The van der Waals surface area contributed by atoms with Crippen LogP contribution in [0.3, 0.4) is 0 Å². The average molecular weight is 223 g/mol. The maximum Gasteiger partial charge on any atom is 0.118 e. The van der Waals surface area contributed by atoms with Crippen LogP contribution < -0.4 is 10.5 Å². The molecule has 0 saturated carbocycles. The number of ether oxygens (including phenoxy) is 2. The van der Waals surface area contributed by atoms with Crippen LogP contribution in [0.15, 0.2) is 24.3 Å². The summed E-state index contributed by atoms with van der Waals surface area (Å²) in [6, 6.07) is 7.71. The smallest absolute Gasteiger partial charge is 0.118 e. The second-order valence-corrected chi connectivity index (χ2v) is 3.93. The fourth-order valence-electron chi connectivity index (χ4n) is 1.33. The van der Waals surface area contributed by atoms with Gasteiger partial charge in [0, 0.05) is 0 Å². The zero-order valence-electron chi connectivity index (χ0n) is 10.3. The van der Waals surface area contributed by atoms with E-state index >= 15 is 0 Å². The highest BCUT2D eigenvalue weighted by Crippen LogP contribution is 2.16. The van der Waals surface area contributed by atoms with Gasteiger partial charge >= 0.3 is 0 Å². The molecule has 0 fully saturated rings. The highest BCUT2D eigenvalue weighted by molar-refractivity contribution is 5.28. The minimum absolute atomic E-state index is 0.0695. The monoisotopic (exact) mass is 223 g/mol. The lowest BCUT2D eigenvalue weighted by Gasteiger charge is -2.16. The number of hydrogen-bond donors (Lipinski definition) is 1. The SMILES string of the molecule is CCC(C)OCC(N)c1ccc(OC)cc1. The van der Waals surface area contributed by atoms with Gasteiger partial charge in [-0.25, -0.2) is 0 Å². The highest BCUT2D eigenvalue weighted by atomic mass is 16.5. The van der Waals surface area contributed by atoms with E-state index in [-0.39, 0.29) is 12.1 Å². The Bertz CT molecular complexity index is 297. The van der Waals surface area contributed by atoms with Crippen molar-refractivity contribution in [1.82, 2.24) is 0 Å². The van der Waals surface area contributed by atoms with Gasteiger partial charge in [-0.05, 0) is 31.0 Å². The number of methoxy groups -OCH3 is 1. The van der Waals surface area contributed by atoms with Crippen molar-refractivity contribution in [2.45, 2.75) is 32.4 Å². The molecule has 1 aromatic rings. The Balaban J connectivity index is 2.49. The molecule has 0 aliphatic carbocycles. The molecule has 2 atom stereocenters. The van der Waals surface area contributed by atoms with Gasteiger partial charge in [-0.15, -0.1) is 0 Å². The Kier molecular flexibility index (Phi) is 5.29. The van der Waals surface area contributed by atoms with Gasteiger partial charge in [0.15, 0.2) is 0 Å². The first-order valence-corrected chi connectivity index (χ1v) is 5.68. The molecule has 0 aromatic heterocycles. The van der Waals surface area contributed by atoms with Crippen molar-refractivity contribution >= 4 is 0 Å². The maximum absolute atomic E-state index is 6.02. The molecule has 2 unspecified atom stereocenters. The summed E-state index contributed by atoms with van der Waals surface area (Å²) in [6.45, 7) is 4.71. The van der Waals surface area contributed by atoms with Crippen LogP contribution in [0.2, 0.25) is 0 Å². The molecule has 0 spiro atoms. The zero-order chi connectivity index (χ0) is 12.0. The van der Waals surface area contributed by atoms with Gasteiger partial charge in [-0.1, -0.05) is 19.1 Å². The van der Waals surface area contributed by atoms with Crippen molar-refractivity contribution in [3.05, 3.63) is 29.8 Å². The fraction of sp³-hybridized carbons (Fsp3) is 0.538. The fourth-order valence-corrected chi connectivity index (χ4v) is 1.33. The molecule has 3 nitrogen and oxygen atoms in total. The van der Waals surface area contributed by atoms with Crippen molar-refractivity contribution < 1.29 is 9.47 Å². The van der Waals surface area contributed by atoms with Gasteiger partial charge in [-0.3, -0.25) is 0 Å². The summed E-state index contributed by atoms with van der Waals surface area (Å²) in [5, 5.41) is 0. The van der Waals surface area contributed by atoms with Crippen molar-refractivity contribution in [3.63, 3.8) is 0 Å². The van der Waals surface area contributed by atoms with Crippen LogP contribution in [0.5, 0.6) is 5.75 Å². The van der Waals surface area contributed by atoms with Crippen molar-refractivity contribution in [2.75, 3.05) is 13.7 Å². The molecule has 2 N–H and O–H groups in total. The molecule has 1 rings (SSSR count). The van der Waals surface area contributed by atoms with Crippen LogP contribution >= 0.6 is 0 Å². The molecular weight excluding hydrogens is 202 g/mol. The molecule has 0 radical (unpaired) electrons. The molecule has 16 heavy (non-hydrogen) atoms. The highest BCUT2D eigenvalue weighted by Gasteiger charge is 2.08. The van der Waals surface area contributed by atoms with Gasteiger partial charge in [0.05, 0.1) is 25.9 Å². The summed E-state index contributed by atoms with van der Waals surface area (Å²) in [5.41, 5.74) is 7.10. The normalized spacial score (nSPS) is 14.5. The first-order chi connectivity index (χ1) is 7.67. The van der Waals surface area contributed by atoms with Crippen LogP contribution in [0.25, 0.3) is 0 Å². The van der Waals surface area contributed by atoms with E-state index < -0.39 is 0 Å². The molecule has 1 aromatic carbocycles. The summed E-state index contributed by atoms with van der Waals surface area (Å²) < 4.78 is 10.7. The van der Waals surface area contributed by atoms with Gasteiger partial charge < -0.3 is 15.2 Å². The van der Waals surface area contributed by atoms with Gasteiger partial charge in [0.25, 0.3) is 0 Å². The first kappa shape index (κ1) is 13.0. The number of hydrogen-bond acceptors (Lipinski definition) is 3. The van der Waals surface area contributed by atoms with Crippen molar-refractivity contribution in [3.8, 4) is 5.75 Å². The standard InChI is InChI=1S/C13H21NO2/c1-4-10(2)16-9-13(14)11-5-7-12(15-3)8-6-11/h5-8,10,13H,4,9,14H2,1-3H3. The summed E-state index contributed by atoms with van der Waals surface area (Å²) in [6.07, 6.45) is 1.28. The largest absolute Gasteiger partial charge is 0.497 e. The average Bonchev–Trinajstić information content (AvgIpc) is 2.35. The van der Waals surface area contributed by atoms with E-state index in [0.717, 1.165) is 17.7 Å². The third kappa shape index (κ3) is 3.83. The second-order valence-electron chi connectivity index (χ2n) is 3.93. The topological polar surface area (TPSA) is 44.5 Å². The number of rotatable bonds is 6. The van der Waals surface area contributed by atoms with Gasteiger partial charge in [0.1, 0.15) is 5.75 Å². The number of nitrogens with two attached hydrogens (primary N) is 1.